The summed E-state index contributed by atoms with van der Waals surface area (Å²) in [4.78, 5) is 4.32. The van der Waals surface area contributed by atoms with Gasteiger partial charge in [-0.2, -0.15) is 5.26 Å². The quantitative estimate of drug-likeness (QED) is 0.252. The van der Waals surface area contributed by atoms with Gasteiger partial charge in [0.25, 0.3) is 0 Å². The third-order valence-electron chi connectivity index (χ3n) is 4.71. The van der Waals surface area contributed by atoms with E-state index >= 15 is 0 Å². The van der Waals surface area contributed by atoms with Crippen LogP contribution in [-0.4, -0.2) is 4.98 Å². The lowest BCUT2D eigenvalue weighted by atomic mass is 10.1. The van der Waals surface area contributed by atoms with Crippen LogP contribution in [0.4, 0.5) is 21.5 Å². The Labute approximate surface area is 212 Å². The largest absolute Gasteiger partial charge is 0.368 e. The molecule has 10 heteroatoms. The van der Waals surface area contributed by atoms with E-state index in [0.717, 1.165) is 0 Å². The van der Waals surface area contributed by atoms with E-state index in [4.69, 9.17) is 52.8 Å². The van der Waals surface area contributed by atoms with Gasteiger partial charge in [0.05, 0.1) is 31.1 Å². The highest BCUT2D eigenvalue weighted by Gasteiger charge is 2.18. The average molecular weight is 536 g/mol. The van der Waals surface area contributed by atoms with Crippen LogP contribution in [0, 0.1) is 29.5 Å². The molecule has 1 atom stereocenters. The van der Waals surface area contributed by atoms with Crippen LogP contribution in [0.2, 0.25) is 18.7 Å². The first kappa shape index (κ1) is 23.4. The second-order valence-electron chi connectivity index (χ2n) is 6.79. The second kappa shape index (κ2) is 9.65. The molecule has 164 valence electrons. The van der Waals surface area contributed by atoms with Crippen LogP contribution >= 0.6 is 57.7 Å². The molecule has 2 aromatic carbocycles. The topological polar surface area (TPSA) is 60.7 Å². The SMILES string of the molecule is C#C[C@@H](Nc1cc(Cl)c2ncc(C#N)c(Nc3ccc(F)c(Cl)c3)c2c1)c1cc(Cl)sc1Cl. The molecule has 2 heterocycles. The molecular formula is C23H11Cl4FN4S. The molecule has 4 nitrogen and oxygen atoms in total. The molecule has 0 fully saturated rings. The highest BCUT2D eigenvalue weighted by atomic mass is 35.5. The van der Waals surface area contributed by atoms with Crippen LogP contribution in [0.1, 0.15) is 17.2 Å². The molecule has 2 N–H and O–H groups in total. The molecule has 0 saturated carbocycles. The predicted octanol–water partition coefficient (Wildman–Crippen LogP) is 8.45. The van der Waals surface area contributed by atoms with Gasteiger partial charge in [-0.1, -0.05) is 52.3 Å². The molecule has 0 aliphatic heterocycles. The maximum atomic E-state index is 13.6. The molecule has 0 spiro atoms. The van der Waals surface area contributed by atoms with Crippen molar-refractivity contribution in [1.82, 2.24) is 4.98 Å². The van der Waals surface area contributed by atoms with E-state index in [9.17, 15) is 9.65 Å². The van der Waals surface area contributed by atoms with Gasteiger partial charge >= 0.3 is 0 Å². The average Bonchev–Trinajstić information content (AvgIpc) is 3.12. The minimum atomic E-state index is -0.575. The van der Waals surface area contributed by atoms with Crippen molar-refractivity contribution in [2.45, 2.75) is 6.04 Å². The van der Waals surface area contributed by atoms with Gasteiger partial charge in [0, 0.05) is 28.5 Å². The van der Waals surface area contributed by atoms with E-state index in [0.29, 0.717) is 47.2 Å². The first-order chi connectivity index (χ1) is 15.8. The predicted molar refractivity (Wildman–Crippen MR) is 136 cm³/mol. The van der Waals surface area contributed by atoms with Crippen molar-refractivity contribution >= 4 is 85.7 Å². The summed E-state index contributed by atoms with van der Waals surface area (Å²) in [5.74, 6) is 2.10. The van der Waals surface area contributed by atoms with E-state index in [1.807, 2.05) is 0 Å². The molecule has 33 heavy (non-hydrogen) atoms. The van der Waals surface area contributed by atoms with Crippen molar-refractivity contribution in [1.29, 1.82) is 5.26 Å². The number of terminal acetylenes is 1. The number of nitrogens with one attached hydrogen (secondary N) is 2. The molecule has 0 saturated heterocycles. The lowest BCUT2D eigenvalue weighted by Crippen LogP contribution is -2.08. The number of thiophene rings is 1. The minimum Gasteiger partial charge on any atom is -0.368 e. The van der Waals surface area contributed by atoms with Gasteiger partial charge in [0.2, 0.25) is 0 Å². The molecule has 4 aromatic rings. The zero-order chi connectivity index (χ0) is 23.7. The Balaban J connectivity index is 1.81. The first-order valence-corrected chi connectivity index (χ1v) is 11.6. The highest BCUT2D eigenvalue weighted by Crippen LogP contribution is 2.39. The summed E-state index contributed by atoms with van der Waals surface area (Å²) in [5.41, 5.74) is 2.88. The zero-order valence-electron chi connectivity index (χ0n) is 16.4. The Kier molecular flexibility index (Phi) is 6.86. The normalized spacial score (nSPS) is 11.6. The molecule has 2 aromatic heterocycles. The fourth-order valence-corrected chi connectivity index (χ4v) is 5.19. The number of halogens is 5. The smallest absolute Gasteiger partial charge is 0.141 e. The summed E-state index contributed by atoms with van der Waals surface area (Å²) in [7, 11) is 0. The summed E-state index contributed by atoms with van der Waals surface area (Å²) in [6.07, 6.45) is 7.14. The fourth-order valence-electron chi connectivity index (χ4n) is 3.21. The molecule has 0 bridgehead atoms. The number of hydrogen-bond acceptors (Lipinski definition) is 5. The van der Waals surface area contributed by atoms with Crippen LogP contribution in [0.25, 0.3) is 10.9 Å². The van der Waals surface area contributed by atoms with Gasteiger partial charge in [-0.25, -0.2) is 4.39 Å². The van der Waals surface area contributed by atoms with Crippen molar-refractivity contribution in [2.24, 2.45) is 0 Å². The van der Waals surface area contributed by atoms with Gasteiger partial charge in [0.15, 0.2) is 0 Å². The lowest BCUT2D eigenvalue weighted by molar-refractivity contribution is 0.628. The Hall–Kier alpha value is -2.71. The summed E-state index contributed by atoms with van der Waals surface area (Å²) in [6, 6.07) is 10.8. The number of nitrogens with zero attached hydrogens (tertiary/aromatic N) is 2. The summed E-state index contributed by atoms with van der Waals surface area (Å²) >= 11 is 26.0. The van der Waals surface area contributed by atoms with Crippen LogP contribution < -0.4 is 10.6 Å². The van der Waals surface area contributed by atoms with Crippen molar-refractivity contribution in [3.05, 3.63) is 78.3 Å². The van der Waals surface area contributed by atoms with Crippen LogP contribution in [0.3, 0.4) is 0 Å². The Bertz CT molecular complexity index is 1470. The monoisotopic (exact) mass is 534 g/mol. The number of nitriles is 1. The molecule has 0 radical (unpaired) electrons. The van der Waals surface area contributed by atoms with Crippen molar-refractivity contribution in [3.63, 3.8) is 0 Å². The van der Waals surface area contributed by atoms with E-state index in [1.165, 1.54) is 35.7 Å². The van der Waals surface area contributed by atoms with Gasteiger partial charge in [-0.3, -0.25) is 4.98 Å². The maximum absolute atomic E-state index is 13.6. The number of anilines is 3. The van der Waals surface area contributed by atoms with E-state index in [2.05, 4.69) is 27.6 Å². The summed E-state index contributed by atoms with van der Waals surface area (Å²) in [6.45, 7) is 0. The number of fused-ring (bicyclic) bond motifs is 1. The maximum Gasteiger partial charge on any atom is 0.141 e. The molecule has 0 aliphatic rings. The Morgan fingerprint density at radius 3 is 2.45 bits per heavy atom. The molecular weight excluding hydrogens is 525 g/mol. The number of rotatable bonds is 5. The number of benzene rings is 2. The van der Waals surface area contributed by atoms with Crippen molar-refractivity contribution < 1.29 is 4.39 Å². The lowest BCUT2D eigenvalue weighted by Gasteiger charge is -2.17. The molecule has 0 amide bonds. The van der Waals surface area contributed by atoms with Crippen LogP contribution in [0.15, 0.2) is 42.6 Å². The molecule has 0 aliphatic carbocycles. The third-order valence-corrected chi connectivity index (χ3v) is 6.80. The highest BCUT2D eigenvalue weighted by molar-refractivity contribution is 7.20. The van der Waals surface area contributed by atoms with Gasteiger partial charge in [-0.15, -0.1) is 17.8 Å². The fraction of sp³-hybridized carbons (Fsp3) is 0.0435. The van der Waals surface area contributed by atoms with Gasteiger partial charge < -0.3 is 10.6 Å². The Morgan fingerprint density at radius 2 is 1.82 bits per heavy atom. The number of aromatic nitrogens is 1. The van der Waals surface area contributed by atoms with Crippen LogP contribution in [-0.2, 0) is 0 Å². The second-order valence-corrected chi connectivity index (χ2v) is 9.89. The number of hydrogen-bond donors (Lipinski definition) is 2. The van der Waals surface area contributed by atoms with E-state index in [-0.39, 0.29) is 10.6 Å². The van der Waals surface area contributed by atoms with E-state index in [1.54, 1.807) is 18.2 Å². The zero-order valence-corrected chi connectivity index (χ0v) is 20.2. The van der Waals surface area contributed by atoms with Gasteiger partial charge in [-0.05, 0) is 36.4 Å². The van der Waals surface area contributed by atoms with Gasteiger partial charge in [0.1, 0.15) is 22.3 Å². The minimum absolute atomic E-state index is 0.0552. The number of pyridine rings is 1. The van der Waals surface area contributed by atoms with Crippen molar-refractivity contribution in [3.8, 4) is 18.4 Å². The summed E-state index contributed by atoms with van der Waals surface area (Å²) < 4.78 is 14.6. The molecule has 0 unspecified atom stereocenters. The van der Waals surface area contributed by atoms with E-state index < -0.39 is 11.9 Å². The standard InChI is InChI=1S/C23H11Cl4FN4S/c1-2-19(14-8-20(26)33-23(14)27)31-13-5-15-21(32-12-3-4-18(28)16(24)6-12)11(9-29)10-30-22(15)17(25)7-13/h1,3-8,10,19,31H,(H,30,32)/t19-/m1/s1. The molecule has 4 rings (SSSR count). The first-order valence-electron chi connectivity index (χ1n) is 9.22. The summed E-state index contributed by atoms with van der Waals surface area (Å²) in [5, 5.41) is 16.8. The third kappa shape index (κ3) is 4.82. The van der Waals surface area contributed by atoms with Crippen LogP contribution in [0.5, 0.6) is 0 Å². The van der Waals surface area contributed by atoms with Crippen molar-refractivity contribution in [2.75, 3.05) is 10.6 Å². The Morgan fingerprint density at radius 1 is 1.06 bits per heavy atom.